The maximum atomic E-state index is 13.2. The van der Waals surface area contributed by atoms with Crippen LogP contribution < -0.4 is 15.2 Å². The van der Waals surface area contributed by atoms with Crippen molar-refractivity contribution in [3.8, 4) is 5.75 Å². The zero-order valence-electron chi connectivity index (χ0n) is 13.9. The highest BCUT2D eigenvalue weighted by molar-refractivity contribution is 7.89. The molecule has 1 atom stereocenters. The first-order valence-corrected chi connectivity index (χ1v) is 9.25. The molecule has 0 aliphatic rings. The van der Waals surface area contributed by atoms with Gasteiger partial charge in [0.15, 0.2) is 0 Å². The Bertz CT molecular complexity index is 806. The third-order valence-corrected chi connectivity index (χ3v) is 5.04. The molecule has 7 heteroatoms. The average molecular weight is 364 g/mol. The van der Waals surface area contributed by atoms with Gasteiger partial charge in [-0.3, -0.25) is 0 Å². The average Bonchev–Trinajstić information content (AvgIpc) is 2.61. The van der Waals surface area contributed by atoms with Crippen LogP contribution in [0.2, 0.25) is 0 Å². The van der Waals surface area contributed by atoms with E-state index in [1.807, 2.05) is 30.3 Å². The fourth-order valence-electron chi connectivity index (χ4n) is 2.16. The fourth-order valence-corrected chi connectivity index (χ4v) is 3.40. The van der Waals surface area contributed by atoms with Crippen molar-refractivity contribution in [3.63, 3.8) is 0 Å². The molecule has 2 aromatic carbocycles. The molecule has 1 unspecified atom stereocenters. The second kappa shape index (κ2) is 8.75. The number of benzene rings is 2. The van der Waals surface area contributed by atoms with Crippen LogP contribution in [0.3, 0.4) is 0 Å². The van der Waals surface area contributed by atoms with Crippen LogP contribution in [-0.4, -0.2) is 21.6 Å². The molecule has 3 N–H and O–H groups in total. The summed E-state index contributed by atoms with van der Waals surface area (Å²) >= 11 is 0. The highest BCUT2D eigenvalue weighted by Gasteiger charge is 2.18. The number of halogens is 1. The van der Waals surface area contributed by atoms with E-state index in [2.05, 4.69) is 4.72 Å². The van der Waals surface area contributed by atoms with Crippen LogP contribution in [0.1, 0.15) is 18.5 Å². The Kier molecular flexibility index (Phi) is 6.69. The van der Waals surface area contributed by atoms with Crippen molar-refractivity contribution in [2.24, 2.45) is 5.73 Å². The number of ether oxygens (including phenoxy) is 1. The molecule has 0 heterocycles. The molecule has 0 radical (unpaired) electrons. The lowest BCUT2D eigenvalue weighted by Crippen LogP contribution is -2.26. The van der Waals surface area contributed by atoms with Gasteiger partial charge in [-0.05, 0) is 42.8 Å². The van der Waals surface area contributed by atoms with E-state index in [1.54, 1.807) is 6.92 Å². The van der Waals surface area contributed by atoms with Crippen LogP contribution in [-0.2, 0) is 10.0 Å². The highest BCUT2D eigenvalue weighted by atomic mass is 32.2. The second-order valence-electron chi connectivity index (χ2n) is 5.40. The number of hydrogen-bond donors (Lipinski definition) is 2. The minimum atomic E-state index is -3.67. The van der Waals surface area contributed by atoms with Gasteiger partial charge in [0.1, 0.15) is 18.2 Å². The largest absolute Gasteiger partial charge is 0.487 e. The topological polar surface area (TPSA) is 81.4 Å². The van der Waals surface area contributed by atoms with Crippen LogP contribution in [0.4, 0.5) is 4.39 Å². The van der Waals surface area contributed by atoms with Gasteiger partial charge in [-0.2, -0.15) is 0 Å². The molecule has 0 saturated carbocycles. The lowest BCUT2D eigenvalue weighted by Gasteiger charge is -2.15. The monoisotopic (exact) mass is 364 g/mol. The molecule has 0 amide bonds. The van der Waals surface area contributed by atoms with E-state index in [0.717, 1.165) is 5.56 Å². The maximum Gasteiger partial charge on any atom is 0.241 e. The zero-order valence-corrected chi connectivity index (χ0v) is 14.7. The van der Waals surface area contributed by atoms with Crippen LogP contribution in [0.5, 0.6) is 5.75 Å². The molecule has 2 rings (SSSR count). The molecule has 0 aliphatic carbocycles. The predicted octanol–water partition coefficient (Wildman–Crippen LogP) is 2.92. The SMILES string of the molecule is CC(NS(=O)(=O)c1ccc(OC/C(F)=C\CN)cc1)c1ccccc1. The van der Waals surface area contributed by atoms with Crippen LogP contribution >= 0.6 is 0 Å². The van der Waals surface area contributed by atoms with E-state index >= 15 is 0 Å². The molecule has 0 spiro atoms. The van der Waals surface area contributed by atoms with Gasteiger partial charge in [0.2, 0.25) is 10.0 Å². The van der Waals surface area contributed by atoms with Crippen molar-refractivity contribution in [2.75, 3.05) is 13.2 Å². The van der Waals surface area contributed by atoms with E-state index in [9.17, 15) is 12.8 Å². The van der Waals surface area contributed by atoms with Gasteiger partial charge < -0.3 is 10.5 Å². The van der Waals surface area contributed by atoms with E-state index < -0.39 is 15.9 Å². The summed E-state index contributed by atoms with van der Waals surface area (Å²) in [6, 6.07) is 14.7. The smallest absolute Gasteiger partial charge is 0.241 e. The van der Waals surface area contributed by atoms with Crippen molar-refractivity contribution in [1.82, 2.24) is 4.72 Å². The van der Waals surface area contributed by atoms with Gasteiger partial charge >= 0.3 is 0 Å². The zero-order chi connectivity index (χ0) is 18.3. The van der Waals surface area contributed by atoms with Gasteiger partial charge in [0, 0.05) is 12.6 Å². The van der Waals surface area contributed by atoms with Gasteiger partial charge in [0.25, 0.3) is 0 Å². The Labute approximate surface area is 147 Å². The van der Waals surface area contributed by atoms with Gasteiger partial charge in [0.05, 0.1) is 4.90 Å². The number of hydrogen-bond acceptors (Lipinski definition) is 4. The summed E-state index contributed by atoms with van der Waals surface area (Å²) in [7, 11) is -3.67. The lowest BCUT2D eigenvalue weighted by molar-refractivity contribution is 0.318. The fraction of sp³-hybridized carbons (Fsp3) is 0.222. The number of rotatable bonds is 8. The van der Waals surface area contributed by atoms with Gasteiger partial charge in [-0.25, -0.2) is 17.5 Å². The summed E-state index contributed by atoms with van der Waals surface area (Å²) in [4.78, 5) is 0.112. The standard InChI is InChI=1S/C18H21FN2O3S/c1-14(15-5-3-2-4-6-15)21-25(22,23)18-9-7-17(8-10-18)24-13-16(19)11-12-20/h2-11,14,21H,12-13,20H2,1H3/b16-11+. The normalized spacial score (nSPS) is 13.5. The molecular weight excluding hydrogens is 343 g/mol. The summed E-state index contributed by atoms with van der Waals surface area (Å²) in [5, 5.41) is 0. The van der Waals surface area contributed by atoms with Crippen LogP contribution in [0.15, 0.2) is 71.4 Å². The van der Waals surface area contributed by atoms with Gasteiger partial charge in [-0.1, -0.05) is 30.3 Å². The third kappa shape index (κ3) is 5.67. The van der Waals surface area contributed by atoms with Crippen molar-refractivity contribution in [2.45, 2.75) is 17.9 Å². The highest BCUT2D eigenvalue weighted by Crippen LogP contribution is 2.19. The number of sulfonamides is 1. The molecular formula is C18H21FN2O3S. The molecule has 5 nitrogen and oxygen atoms in total. The summed E-state index contributed by atoms with van der Waals surface area (Å²) < 4.78 is 45.9. The number of nitrogens with two attached hydrogens (primary N) is 1. The van der Waals surface area contributed by atoms with Crippen molar-refractivity contribution in [3.05, 3.63) is 72.1 Å². The van der Waals surface area contributed by atoms with Crippen molar-refractivity contribution < 1.29 is 17.5 Å². The molecule has 0 saturated heterocycles. The summed E-state index contributed by atoms with van der Waals surface area (Å²) in [5.41, 5.74) is 6.07. The van der Waals surface area contributed by atoms with Crippen molar-refractivity contribution in [1.29, 1.82) is 0 Å². The number of nitrogens with one attached hydrogen (secondary N) is 1. The second-order valence-corrected chi connectivity index (χ2v) is 7.11. The molecule has 25 heavy (non-hydrogen) atoms. The van der Waals surface area contributed by atoms with Crippen LogP contribution in [0.25, 0.3) is 0 Å². The first kappa shape index (κ1) is 19.1. The van der Waals surface area contributed by atoms with Crippen molar-refractivity contribution >= 4 is 10.0 Å². The van der Waals surface area contributed by atoms with E-state index in [4.69, 9.17) is 10.5 Å². The van der Waals surface area contributed by atoms with Gasteiger partial charge in [-0.15, -0.1) is 0 Å². The Balaban J connectivity index is 2.03. The summed E-state index contributed by atoms with van der Waals surface area (Å²) in [5.74, 6) is -0.104. The van der Waals surface area contributed by atoms with E-state index in [0.29, 0.717) is 5.75 Å². The molecule has 0 aromatic heterocycles. The van der Waals surface area contributed by atoms with E-state index in [1.165, 1.54) is 30.3 Å². The third-order valence-electron chi connectivity index (χ3n) is 3.48. The first-order valence-electron chi connectivity index (χ1n) is 7.77. The minimum absolute atomic E-state index is 0.0949. The lowest BCUT2D eigenvalue weighted by atomic mass is 10.1. The Hall–Kier alpha value is -2.22. The molecule has 0 fully saturated rings. The van der Waals surface area contributed by atoms with Crippen LogP contribution in [0, 0.1) is 0 Å². The Morgan fingerprint density at radius 1 is 1.20 bits per heavy atom. The summed E-state index contributed by atoms with van der Waals surface area (Å²) in [6.45, 7) is 1.63. The quantitative estimate of drug-likeness (QED) is 0.755. The first-order chi connectivity index (χ1) is 11.9. The summed E-state index contributed by atoms with van der Waals surface area (Å²) in [6.07, 6.45) is 1.22. The predicted molar refractivity (Wildman–Crippen MR) is 95.4 cm³/mol. The minimum Gasteiger partial charge on any atom is -0.487 e. The molecule has 134 valence electrons. The Morgan fingerprint density at radius 3 is 2.44 bits per heavy atom. The van der Waals surface area contributed by atoms with E-state index in [-0.39, 0.29) is 24.1 Å². The Morgan fingerprint density at radius 2 is 1.84 bits per heavy atom. The molecule has 0 bridgehead atoms. The maximum absolute atomic E-state index is 13.2. The molecule has 0 aliphatic heterocycles. The molecule has 2 aromatic rings.